The molecule has 2 N–H and O–H groups in total. The van der Waals surface area contributed by atoms with E-state index in [1.807, 2.05) is 42.0 Å². The van der Waals surface area contributed by atoms with Crippen molar-refractivity contribution in [1.82, 2.24) is 14.9 Å². The van der Waals surface area contributed by atoms with Gasteiger partial charge in [0.1, 0.15) is 11.6 Å². The minimum Gasteiger partial charge on any atom is -0.392 e. The molecule has 0 aliphatic heterocycles. The average Bonchev–Trinajstić information content (AvgIpc) is 3.05. The number of rotatable bonds is 6. The Labute approximate surface area is 147 Å². The minimum atomic E-state index is -0.256. The second-order valence-electron chi connectivity index (χ2n) is 6.12. The summed E-state index contributed by atoms with van der Waals surface area (Å²) < 4.78 is 15.7. The monoisotopic (exact) mass is 339 g/mol. The molecule has 1 heterocycles. The zero-order valence-electron chi connectivity index (χ0n) is 14.4. The summed E-state index contributed by atoms with van der Waals surface area (Å²) in [5.41, 5.74) is 3.75. The summed E-state index contributed by atoms with van der Waals surface area (Å²) in [7, 11) is 0. The lowest BCUT2D eigenvalue weighted by atomic mass is 10.0. The molecule has 0 amide bonds. The molecule has 0 fully saturated rings. The number of hydrogen-bond donors (Lipinski definition) is 2. The first-order valence-corrected chi connectivity index (χ1v) is 8.30. The Morgan fingerprint density at radius 1 is 1.24 bits per heavy atom. The van der Waals surface area contributed by atoms with Gasteiger partial charge in [-0.25, -0.2) is 9.37 Å². The Morgan fingerprint density at radius 2 is 2.08 bits per heavy atom. The third-order valence-electron chi connectivity index (χ3n) is 4.36. The first-order valence-electron chi connectivity index (χ1n) is 8.30. The van der Waals surface area contributed by atoms with Crippen LogP contribution < -0.4 is 5.32 Å². The third kappa shape index (κ3) is 3.95. The number of aromatic nitrogens is 2. The van der Waals surface area contributed by atoms with Crippen LogP contribution in [0.2, 0.25) is 0 Å². The molecule has 2 aromatic carbocycles. The van der Waals surface area contributed by atoms with E-state index in [9.17, 15) is 9.50 Å². The van der Waals surface area contributed by atoms with Gasteiger partial charge in [0, 0.05) is 25.0 Å². The molecule has 1 aromatic heterocycles. The molecule has 0 spiro atoms. The van der Waals surface area contributed by atoms with Gasteiger partial charge in [0.2, 0.25) is 0 Å². The maximum atomic E-state index is 13.8. The second kappa shape index (κ2) is 7.59. The molecule has 3 rings (SSSR count). The molecule has 1 atom stereocenters. The molecule has 0 unspecified atom stereocenters. The Kier molecular flexibility index (Phi) is 5.26. The fourth-order valence-corrected chi connectivity index (χ4v) is 2.90. The van der Waals surface area contributed by atoms with Gasteiger partial charge in [0.15, 0.2) is 0 Å². The number of hydrogen-bond acceptors (Lipinski definition) is 3. The van der Waals surface area contributed by atoms with Crippen LogP contribution in [0, 0.1) is 12.7 Å². The lowest BCUT2D eigenvalue weighted by Crippen LogP contribution is -2.19. The van der Waals surface area contributed by atoms with Crippen molar-refractivity contribution in [2.75, 3.05) is 0 Å². The molecule has 0 saturated heterocycles. The molecule has 0 aliphatic carbocycles. The molecule has 25 heavy (non-hydrogen) atoms. The molecular formula is C20H22FN3O. The molecular weight excluding hydrogens is 317 g/mol. The van der Waals surface area contributed by atoms with Crippen LogP contribution >= 0.6 is 0 Å². The van der Waals surface area contributed by atoms with Crippen molar-refractivity contribution in [2.45, 2.75) is 33.0 Å². The molecule has 130 valence electrons. The predicted octanol–water partition coefficient (Wildman–Crippen LogP) is 3.66. The van der Waals surface area contributed by atoms with Gasteiger partial charge in [-0.2, -0.15) is 0 Å². The second-order valence-corrected chi connectivity index (χ2v) is 6.12. The van der Waals surface area contributed by atoms with Gasteiger partial charge in [-0.15, -0.1) is 0 Å². The maximum Gasteiger partial charge on any atom is 0.123 e. The van der Waals surface area contributed by atoms with Crippen molar-refractivity contribution in [3.63, 3.8) is 0 Å². The van der Waals surface area contributed by atoms with E-state index in [0.717, 1.165) is 28.2 Å². The van der Waals surface area contributed by atoms with Crippen LogP contribution in [-0.4, -0.2) is 14.7 Å². The van der Waals surface area contributed by atoms with Gasteiger partial charge in [-0.3, -0.25) is 0 Å². The van der Waals surface area contributed by atoms with Gasteiger partial charge >= 0.3 is 0 Å². The lowest BCUT2D eigenvalue weighted by molar-refractivity contribution is 0.281. The predicted molar refractivity (Wildman–Crippen MR) is 95.9 cm³/mol. The Balaban J connectivity index is 1.81. The number of aliphatic hydroxyl groups excluding tert-OH is 1. The highest BCUT2D eigenvalue weighted by Gasteiger charge is 2.11. The van der Waals surface area contributed by atoms with Gasteiger partial charge in [0.25, 0.3) is 0 Å². The van der Waals surface area contributed by atoms with E-state index < -0.39 is 0 Å². The van der Waals surface area contributed by atoms with Crippen molar-refractivity contribution in [2.24, 2.45) is 0 Å². The zero-order chi connectivity index (χ0) is 17.8. The molecule has 0 radical (unpaired) electrons. The summed E-state index contributed by atoms with van der Waals surface area (Å²) in [4.78, 5) is 4.24. The zero-order valence-corrected chi connectivity index (χ0v) is 14.4. The smallest absolute Gasteiger partial charge is 0.123 e. The number of imidazole rings is 1. The molecule has 0 aliphatic rings. The summed E-state index contributed by atoms with van der Waals surface area (Å²) >= 11 is 0. The van der Waals surface area contributed by atoms with E-state index in [1.54, 1.807) is 18.3 Å². The van der Waals surface area contributed by atoms with Crippen molar-refractivity contribution < 1.29 is 9.50 Å². The van der Waals surface area contributed by atoms with E-state index in [-0.39, 0.29) is 18.5 Å². The molecule has 3 aromatic rings. The van der Waals surface area contributed by atoms with E-state index >= 15 is 0 Å². The Bertz CT molecular complexity index is 860. The van der Waals surface area contributed by atoms with E-state index in [1.165, 1.54) is 6.07 Å². The minimum absolute atomic E-state index is 0.0223. The Morgan fingerprint density at radius 3 is 2.80 bits per heavy atom. The fourth-order valence-electron chi connectivity index (χ4n) is 2.90. The average molecular weight is 339 g/mol. The highest BCUT2D eigenvalue weighted by atomic mass is 19.1. The van der Waals surface area contributed by atoms with Crippen LogP contribution in [0.3, 0.4) is 0 Å². The van der Waals surface area contributed by atoms with Crippen LogP contribution in [0.4, 0.5) is 4.39 Å². The first kappa shape index (κ1) is 17.3. The SMILES string of the molecule is Cc1nccn1-c1ccc(F)cc1CN[C@H](C)c1cccc(CO)c1. The quantitative estimate of drug-likeness (QED) is 0.720. The van der Waals surface area contributed by atoms with Crippen LogP contribution in [-0.2, 0) is 13.2 Å². The summed E-state index contributed by atoms with van der Waals surface area (Å²) in [6.07, 6.45) is 3.61. The number of halogens is 1. The topological polar surface area (TPSA) is 50.1 Å². The standard InChI is InChI=1S/C20H22FN3O/c1-14(17-5-3-4-16(10-17)13-25)23-12-18-11-19(21)6-7-20(18)24-9-8-22-15(24)2/h3-11,14,23,25H,12-13H2,1-2H3/t14-/m1/s1. The molecule has 5 heteroatoms. The van der Waals surface area contributed by atoms with Crippen molar-refractivity contribution in [3.05, 3.63) is 83.2 Å². The Hall–Kier alpha value is -2.50. The summed E-state index contributed by atoms with van der Waals surface area (Å²) in [5.74, 6) is 0.602. The first-order chi connectivity index (χ1) is 12.1. The third-order valence-corrected chi connectivity index (χ3v) is 4.36. The molecule has 0 bridgehead atoms. The maximum absolute atomic E-state index is 13.8. The number of nitrogens with one attached hydrogen (secondary N) is 1. The fraction of sp³-hybridized carbons (Fsp3) is 0.250. The highest BCUT2D eigenvalue weighted by molar-refractivity contribution is 5.42. The van der Waals surface area contributed by atoms with Gasteiger partial charge in [0.05, 0.1) is 12.3 Å². The van der Waals surface area contributed by atoms with Gasteiger partial charge < -0.3 is 15.0 Å². The summed E-state index contributed by atoms with van der Waals surface area (Å²) in [5, 5.41) is 12.7. The van der Waals surface area contributed by atoms with E-state index in [4.69, 9.17) is 0 Å². The largest absolute Gasteiger partial charge is 0.392 e. The molecule has 0 saturated carbocycles. The number of benzene rings is 2. The van der Waals surface area contributed by atoms with Crippen molar-refractivity contribution in [3.8, 4) is 5.69 Å². The van der Waals surface area contributed by atoms with Crippen molar-refractivity contribution in [1.29, 1.82) is 0 Å². The van der Waals surface area contributed by atoms with Crippen LogP contribution in [0.15, 0.2) is 54.9 Å². The van der Waals surface area contributed by atoms with Gasteiger partial charge in [-0.1, -0.05) is 24.3 Å². The van der Waals surface area contributed by atoms with Gasteiger partial charge in [-0.05, 0) is 48.7 Å². The number of aryl methyl sites for hydroxylation is 1. The lowest BCUT2D eigenvalue weighted by Gasteiger charge is -2.18. The van der Waals surface area contributed by atoms with E-state index in [2.05, 4.69) is 17.2 Å². The summed E-state index contributed by atoms with van der Waals surface area (Å²) in [6.45, 7) is 4.52. The molecule has 4 nitrogen and oxygen atoms in total. The normalized spacial score (nSPS) is 12.3. The highest BCUT2D eigenvalue weighted by Crippen LogP contribution is 2.20. The number of nitrogens with zero attached hydrogens (tertiary/aromatic N) is 2. The summed E-state index contributed by atoms with van der Waals surface area (Å²) in [6, 6.07) is 12.7. The van der Waals surface area contributed by atoms with Crippen molar-refractivity contribution >= 4 is 0 Å². The van der Waals surface area contributed by atoms with Crippen LogP contribution in [0.25, 0.3) is 5.69 Å². The van der Waals surface area contributed by atoms with Crippen LogP contribution in [0.5, 0.6) is 0 Å². The number of aliphatic hydroxyl groups is 1. The van der Waals surface area contributed by atoms with E-state index in [0.29, 0.717) is 6.54 Å². The van der Waals surface area contributed by atoms with Crippen LogP contribution in [0.1, 0.15) is 35.5 Å².